The Kier molecular flexibility index (Phi) is 5.34. The molecule has 0 fully saturated rings. The average molecular weight is 446 g/mol. The van der Waals surface area contributed by atoms with E-state index in [1.165, 1.54) is 22.6 Å². The molecule has 0 unspecified atom stereocenters. The van der Waals surface area contributed by atoms with Gasteiger partial charge in [0.15, 0.2) is 12.5 Å². The van der Waals surface area contributed by atoms with Crippen LogP contribution in [0.1, 0.15) is 42.0 Å². The predicted octanol–water partition coefficient (Wildman–Crippen LogP) is 5.21. The van der Waals surface area contributed by atoms with Crippen molar-refractivity contribution < 1.29 is 23.9 Å². The number of oxime groups is 1. The lowest BCUT2D eigenvalue weighted by Gasteiger charge is -2.24. The van der Waals surface area contributed by atoms with E-state index in [0.29, 0.717) is 34.0 Å². The summed E-state index contributed by atoms with van der Waals surface area (Å²) in [6.07, 6.45) is 0. The van der Waals surface area contributed by atoms with E-state index in [2.05, 4.69) is 43.3 Å². The second-order valence-corrected chi connectivity index (χ2v) is 8.51. The van der Waals surface area contributed by atoms with Crippen molar-refractivity contribution in [2.45, 2.75) is 32.9 Å². The maximum Gasteiger partial charge on any atom is 0.281 e. The molecule has 2 aliphatic rings. The molecule has 1 N–H and O–H groups in total. The summed E-state index contributed by atoms with van der Waals surface area (Å²) < 4.78 is 25.1. The third-order valence-corrected chi connectivity index (χ3v) is 6.08. The van der Waals surface area contributed by atoms with Gasteiger partial charge in [-0.25, -0.2) is 4.39 Å². The second-order valence-electron chi connectivity index (χ2n) is 8.51. The van der Waals surface area contributed by atoms with E-state index >= 15 is 0 Å². The molecule has 0 spiro atoms. The van der Waals surface area contributed by atoms with Crippen molar-refractivity contribution in [2.75, 3.05) is 11.7 Å². The number of carbonyl (C=O) groups excluding carboxylic acids is 1. The standard InChI is InChI=1S/C26H23FN2O4/c1-15(2)16-3-5-17(6-4-16)18-7-8-22-23(11-18)29(26(30)24(22)28-31)12-19-9-21(27)10-20-13-32-14-33-25(19)20/h3-11,15,31H,12-14H2,1-2H3/b28-24-. The Labute approximate surface area is 190 Å². The number of carbonyl (C=O) groups is 1. The Hall–Kier alpha value is -3.71. The summed E-state index contributed by atoms with van der Waals surface area (Å²) in [5.41, 5.74) is 5.38. The summed E-state index contributed by atoms with van der Waals surface area (Å²) in [5.74, 6) is 0.0665. The zero-order valence-electron chi connectivity index (χ0n) is 18.3. The van der Waals surface area contributed by atoms with E-state index in [1.54, 1.807) is 6.07 Å². The number of amides is 1. The van der Waals surface area contributed by atoms with Gasteiger partial charge in [0.2, 0.25) is 0 Å². The SMILES string of the molecule is CC(C)c1ccc(-c2ccc3c(c2)N(Cc2cc(F)cc4c2OCOC4)C(=O)/C3=N\O)cc1. The highest BCUT2D eigenvalue weighted by Gasteiger charge is 2.36. The Morgan fingerprint density at radius 2 is 1.85 bits per heavy atom. The molecule has 0 bridgehead atoms. The molecule has 33 heavy (non-hydrogen) atoms. The number of hydrogen-bond acceptors (Lipinski definition) is 5. The number of nitrogens with zero attached hydrogens (tertiary/aromatic N) is 2. The minimum absolute atomic E-state index is 0.0405. The van der Waals surface area contributed by atoms with Crippen molar-refractivity contribution in [3.05, 3.63) is 82.7 Å². The minimum atomic E-state index is -0.454. The molecule has 6 nitrogen and oxygen atoms in total. The Bertz CT molecular complexity index is 1270. The van der Waals surface area contributed by atoms with Crippen LogP contribution >= 0.6 is 0 Å². The number of anilines is 1. The van der Waals surface area contributed by atoms with E-state index in [4.69, 9.17) is 9.47 Å². The summed E-state index contributed by atoms with van der Waals surface area (Å²) in [4.78, 5) is 14.6. The summed E-state index contributed by atoms with van der Waals surface area (Å²) in [6.45, 7) is 4.66. The molecule has 3 aromatic carbocycles. The van der Waals surface area contributed by atoms with Crippen LogP contribution in [0.4, 0.5) is 10.1 Å². The third-order valence-electron chi connectivity index (χ3n) is 6.08. The first-order chi connectivity index (χ1) is 16.0. The second kappa shape index (κ2) is 8.33. The van der Waals surface area contributed by atoms with Crippen LogP contribution in [0.2, 0.25) is 0 Å². The van der Waals surface area contributed by atoms with Crippen molar-refractivity contribution in [1.29, 1.82) is 0 Å². The fourth-order valence-electron chi connectivity index (χ4n) is 4.35. The van der Waals surface area contributed by atoms with Gasteiger partial charge in [0, 0.05) is 16.7 Å². The molecule has 0 saturated carbocycles. The first-order valence-corrected chi connectivity index (χ1v) is 10.8. The lowest BCUT2D eigenvalue weighted by molar-refractivity contribution is -0.112. The van der Waals surface area contributed by atoms with Crippen molar-refractivity contribution in [2.24, 2.45) is 5.16 Å². The smallest absolute Gasteiger partial charge is 0.281 e. The molecule has 1 amide bonds. The Morgan fingerprint density at radius 1 is 1.09 bits per heavy atom. The van der Waals surface area contributed by atoms with Gasteiger partial charge in [-0.05, 0) is 46.9 Å². The number of halogens is 1. The van der Waals surface area contributed by atoms with E-state index in [1.807, 2.05) is 12.1 Å². The van der Waals surface area contributed by atoms with Crippen LogP contribution in [0.5, 0.6) is 5.75 Å². The van der Waals surface area contributed by atoms with Gasteiger partial charge in [-0.1, -0.05) is 49.3 Å². The molecule has 3 aromatic rings. The number of hydrogen-bond donors (Lipinski definition) is 1. The maximum atomic E-state index is 14.3. The van der Waals surface area contributed by atoms with Crippen LogP contribution in [0.15, 0.2) is 59.8 Å². The molecule has 7 heteroatoms. The van der Waals surface area contributed by atoms with Gasteiger partial charge in [0.1, 0.15) is 11.6 Å². The molecule has 2 heterocycles. The summed E-state index contributed by atoms with van der Waals surface area (Å²) >= 11 is 0. The van der Waals surface area contributed by atoms with Crippen LogP contribution in [-0.4, -0.2) is 23.6 Å². The highest BCUT2D eigenvalue weighted by Crippen LogP contribution is 2.37. The monoisotopic (exact) mass is 446 g/mol. The van der Waals surface area contributed by atoms with Gasteiger partial charge in [0.05, 0.1) is 18.8 Å². The molecule has 0 atom stereocenters. The van der Waals surface area contributed by atoms with E-state index in [0.717, 1.165) is 11.1 Å². The van der Waals surface area contributed by atoms with Gasteiger partial charge >= 0.3 is 0 Å². The largest absolute Gasteiger partial charge is 0.467 e. The van der Waals surface area contributed by atoms with E-state index in [-0.39, 0.29) is 25.7 Å². The van der Waals surface area contributed by atoms with Crippen molar-refractivity contribution in [3.63, 3.8) is 0 Å². The zero-order chi connectivity index (χ0) is 23.1. The number of ether oxygens (including phenoxy) is 2. The van der Waals surface area contributed by atoms with Crippen LogP contribution in [0, 0.1) is 5.82 Å². The molecule has 0 radical (unpaired) electrons. The third kappa shape index (κ3) is 3.74. The normalized spacial score (nSPS) is 16.2. The van der Waals surface area contributed by atoms with Gasteiger partial charge in [-0.15, -0.1) is 0 Å². The quantitative estimate of drug-likeness (QED) is 0.441. The zero-order valence-corrected chi connectivity index (χ0v) is 18.3. The molecule has 5 rings (SSSR count). The molecule has 0 aliphatic carbocycles. The molecular weight excluding hydrogens is 423 g/mol. The molecule has 0 saturated heterocycles. The minimum Gasteiger partial charge on any atom is -0.467 e. The highest BCUT2D eigenvalue weighted by atomic mass is 19.1. The Morgan fingerprint density at radius 3 is 2.58 bits per heavy atom. The lowest BCUT2D eigenvalue weighted by Crippen LogP contribution is -2.30. The molecular formula is C26H23FN2O4. The fraction of sp³-hybridized carbons (Fsp3) is 0.231. The predicted molar refractivity (Wildman–Crippen MR) is 122 cm³/mol. The van der Waals surface area contributed by atoms with Crippen molar-refractivity contribution >= 4 is 17.3 Å². The summed E-state index contributed by atoms with van der Waals surface area (Å²) in [7, 11) is 0. The molecule has 2 aliphatic heterocycles. The number of fused-ring (bicyclic) bond motifs is 2. The Balaban J connectivity index is 1.55. The van der Waals surface area contributed by atoms with Crippen LogP contribution < -0.4 is 9.64 Å². The first-order valence-electron chi connectivity index (χ1n) is 10.8. The van der Waals surface area contributed by atoms with Gasteiger partial charge < -0.3 is 19.6 Å². The fourth-order valence-corrected chi connectivity index (χ4v) is 4.35. The van der Waals surface area contributed by atoms with Gasteiger partial charge in [-0.2, -0.15) is 0 Å². The number of rotatable bonds is 4. The summed E-state index contributed by atoms with van der Waals surface area (Å²) in [6, 6.07) is 16.6. The number of benzene rings is 3. The topological polar surface area (TPSA) is 71.4 Å². The molecule has 168 valence electrons. The van der Waals surface area contributed by atoms with Crippen LogP contribution in [0.25, 0.3) is 11.1 Å². The highest BCUT2D eigenvalue weighted by molar-refractivity contribution is 6.54. The van der Waals surface area contributed by atoms with Crippen LogP contribution in [0.3, 0.4) is 0 Å². The van der Waals surface area contributed by atoms with Crippen molar-refractivity contribution in [1.82, 2.24) is 0 Å². The average Bonchev–Trinajstić information content (AvgIpc) is 3.08. The lowest BCUT2D eigenvalue weighted by atomic mass is 9.97. The summed E-state index contributed by atoms with van der Waals surface area (Å²) in [5, 5.41) is 12.8. The first kappa shape index (κ1) is 21.2. The molecule has 0 aromatic heterocycles. The van der Waals surface area contributed by atoms with Crippen molar-refractivity contribution in [3.8, 4) is 16.9 Å². The van der Waals surface area contributed by atoms with E-state index < -0.39 is 11.7 Å². The van der Waals surface area contributed by atoms with E-state index in [9.17, 15) is 14.4 Å². The van der Waals surface area contributed by atoms with Crippen LogP contribution in [-0.2, 0) is 22.7 Å². The maximum absolute atomic E-state index is 14.3. The van der Waals surface area contributed by atoms with Gasteiger partial charge in [0.25, 0.3) is 5.91 Å². The van der Waals surface area contributed by atoms with Gasteiger partial charge in [-0.3, -0.25) is 4.79 Å².